The molecule has 1 aromatic heterocycles. The molecule has 0 amide bonds. The van der Waals surface area contributed by atoms with E-state index < -0.39 is 10.5 Å². The van der Waals surface area contributed by atoms with Gasteiger partial charge in [0, 0.05) is 6.42 Å². The molecule has 0 aromatic carbocycles. The van der Waals surface area contributed by atoms with Crippen LogP contribution < -0.4 is 5.73 Å². The van der Waals surface area contributed by atoms with Crippen LogP contribution in [0.2, 0.25) is 0 Å². The first kappa shape index (κ1) is 12.8. The molecule has 1 unspecified atom stereocenters. The lowest BCUT2D eigenvalue weighted by atomic mass is 9.94. The maximum Gasteiger partial charge on any atom is 0.330 e. The molecule has 2 heterocycles. The van der Waals surface area contributed by atoms with Gasteiger partial charge in [0.15, 0.2) is 0 Å². The molecule has 7 heteroatoms. The number of nitro groups is 1. The lowest BCUT2D eigenvalue weighted by Gasteiger charge is -2.27. The van der Waals surface area contributed by atoms with Crippen molar-refractivity contribution < 1.29 is 9.66 Å². The predicted octanol–water partition coefficient (Wildman–Crippen LogP) is 1.89. The van der Waals surface area contributed by atoms with Crippen molar-refractivity contribution in [1.82, 2.24) is 9.78 Å². The van der Waals surface area contributed by atoms with E-state index in [0.29, 0.717) is 6.42 Å². The molecule has 1 aromatic rings. The molecule has 0 aliphatic carbocycles. The van der Waals surface area contributed by atoms with Gasteiger partial charge in [-0.15, -0.1) is 0 Å². The molecule has 18 heavy (non-hydrogen) atoms. The Kier molecular flexibility index (Phi) is 2.62. The van der Waals surface area contributed by atoms with Crippen LogP contribution in [-0.4, -0.2) is 25.9 Å². The molecule has 1 aliphatic rings. The number of anilines is 1. The van der Waals surface area contributed by atoms with E-state index in [-0.39, 0.29) is 23.1 Å². The van der Waals surface area contributed by atoms with Crippen molar-refractivity contribution >= 4 is 11.5 Å². The van der Waals surface area contributed by atoms with Gasteiger partial charge >= 0.3 is 5.69 Å². The van der Waals surface area contributed by atoms with E-state index in [2.05, 4.69) is 5.10 Å². The third kappa shape index (κ3) is 1.94. The van der Waals surface area contributed by atoms with Crippen molar-refractivity contribution in [3.8, 4) is 0 Å². The highest BCUT2D eigenvalue weighted by atomic mass is 16.6. The standard InChI is InChI=1S/C11H18N4O3/c1-10(2)5-8(11(3,4)18-10)14-9(12)7(6-13-14)15(16)17/h6,8H,5,12H2,1-4H3. The van der Waals surface area contributed by atoms with Crippen LogP contribution in [0.1, 0.15) is 40.2 Å². The van der Waals surface area contributed by atoms with E-state index in [0.717, 1.165) is 0 Å². The lowest BCUT2D eigenvalue weighted by Crippen LogP contribution is -2.32. The molecule has 2 N–H and O–H groups in total. The molecule has 1 atom stereocenters. The van der Waals surface area contributed by atoms with E-state index in [4.69, 9.17) is 10.5 Å². The fourth-order valence-corrected chi connectivity index (χ4v) is 2.67. The summed E-state index contributed by atoms with van der Waals surface area (Å²) >= 11 is 0. The molecular weight excluding hydrogens is 236 g/mol. The smallest absolute Gasteiger partial charge is 0.330 e. The summed E-state index contributed by atoms with van der Waals surface area (Å²) in [5.74, 6) is 0.0828. The highest BCUT2D eigenvalue weighted by molar-refractivity contribution is 5.51. The van der Waals surface area contributed by atoms with Crippen LogP contribution in [0.4, 0.5) is 11.5 Å². The Morgan fingerprint density at radius 2 is 2.17 bits per heavy atom. The van der Waals surface area contributed by atoms with Gasteiger partial charge in [0.1, 0.15) is 6.20 Å². The Bertz CT molecular complexity index is 492. The first-order valence-electron chi connectivity index (χ1n) is 5.81. The second kappa shape index (κ2) is 3.68. The number of rotatable bonds is 2. The fourth-order valence-electron chi connectivity index (χ4n) is 2.67. The molecule has 1 fully saturated rings. The first-order valence-corrected chi connectivity index (χ1v) is 5.81. The number of nitrogens with zero attached hydrogens (tertiary/aromatic N) is 3. The van der Waals surface area contributed by atoms with Crippen molar-refractivity contribution in [3.05, 3.63) is 16.3 Å². The van der Waals surface area contributed by atoms with E-state index >= 15 is 0 Å². The zero-order chi connectivity index (χ0) is 13.7. The van der Waals surface area contributed by atoms with E-state index in [1.165, 1.54) is 10.9 Å². The molecule has 7 nitrogen and oxygen atoms in total. The molecule has 100 valence electrons. The minimum Gasteiger partial charge on any atom is -0.378 e. The average Bonchev–Trinajstić information content (AvgIpc) is 2.63. The molecule has 2 rings (SSSR count). The van der Waals surface area contributed by atoms with Gasteiger partial charge in [0.05, 0.1) is 22.2 Å². The number of aromatic nitrogens is 2. The summed E-state index contributed by atoms with van der Waals surface area (Å²) in [4.78, 5) is 10.3. The zero-order valence-electron chi connectivity index (χ0n) is 11.0. The minimum atomic E-state index is -0.521. The highest BCUT2D eigenvalue weighted by Crippen LogP contribution is 2.46. The van der Waals surface area contributed by atoms with Crippen LogP contribution in [0.3, 0.4) is 0 Å². The Morgan fingerprint density at radius 3 is 2.56 bits per heavy atom. The topological polar surface area (TPSA) is 96.2 Å². The number of ether oxygens (including phenoxy) is 1. The van der Waals surface area contributed by atoms with E-state index in [9.17, 15) is 10.1 Å². The second-order valence-electron chi connectivity index (χ2n) is 5.80. The van der Waals surface area contributed by atoms with Gasteiger partial charge in [-0.1, -0.05) is 0 Å². The number of hydrogen-bond donors (Lipinski definition) is 1. The van der Waals surface area contributed by atoms with Crippen molar-refractivity contribution in [2.24, 2.45) is 0 Å². The lowest BCUT2D eigenvalue weighted by molar-refractivity contribution is -0.384. The van der Waals surface area contributed by atoms with Crippen LogP contribution in [0.25, 0.3) is 0 Å². The van der Waals surface area contributed by atoms with E-state index in [1.807, 2.05) is 27.7 Å². The minimum absolute atomic E-state index is 0.0828. The summed E-state index contributed by atoms with van der Waals surface area (Å²) < 4.78 is 7.45. The predicted molar refractivity (Wildman–Crippen MR) is 66.2 cm³/mol. The van der Waals surface area contributed by atoms with Crippen LogP contribution in [0, 0.1) is 10.1 Å². The number of nitrogens with two attached hydrogens (primary N) is 1. The number of hydrogen-bond acceptors (Lipinski definition) is 5. The molecular formula is C11H18N4O3. The molecule has 1 saturated heterocycles. The monoisotopic (exact) mass is 254 g/mol. The van der Waals surface area contributed by atoms with Gasteiger partial charge in [-0.25, -0.2) is 4.68 Å². The third-order valence-corrected chi connectivity index (χ3v) is 3.33. The fraction of sp³-hybridized carbons (Fsp3) is 0.727. The van der Waals surface area contributed by atoms with Gasteiger partial charge in [0.2, 0.25) is 5.82 Å². The third-order valence-electron chi connectivity index (χ3n) is 3.33. The van der Waals surface area contributed by atoms with Gasteiger partial charge < -0.3 is 10.5 Å². The van der Waals surface area contributed by atoms with Crippen molar-refractivity contribution in [1.29, 1.82) is 0 Å². The Morgan fingerprint density at radius 1 is 1.56 bits per heavy atom. The quantitative estimate of drug-likeness (QED) is 0.642. The van der Waals surface area contributed by atoms with Crippen LogP contribution in [0.5, 0.6) is 0 Å². The summed E-state index contributed by atoms with van der Waals surface area (Å²) in [5, 5.41) is 14.8. The second-order valence-corrected chi connectivity index (χ2v) is 5.80. The van der Waals surface area contributed by atoms with E-state index in [1.54, 1.807) is 0 Å². The molecule has 0 radical (unpaired) electrons. The molecule has 0 bridgehead atoms. The highest BCUT2D eigenvalue weighted by Gasteiger charge is 2.48. The zero-order valence-corrected chi connectivity index (χ0v) is 11.0. The van der Waals surface area contributed by atoms with Crippen molar-refractivity contribution in [2.75, 3.05) is 5.73 Å². The normalized spacial score (nSPS) is 25.2. The van der Waals surface area contributed by atoms with Gasteiger partial charge in [-0.05, 0) is 27.7 Å². The van der Waals surface area contributed by atoms with Gasteiger partial charge in [0.25, 0.3) is 0 Å². The molecule has 0 saturated carbocycles. The van der Waals surface area contributed by atoms with Crippen LogP contribution >= 0.6 is 0 Å². The van der Waals surface area contributed by atoms with Crippen LogP contribution in [-0.2, 0) is 4.74 Å². The first-order chi connectivity index (χ1) is 8.14. The van der Waals surface area contributed by atoms with Crippen molar-refractivity contribution in [2.45, 2.75) is 51.4 Å². The maximum absolute atomic E-state index is 10.8. The molecule has 0 spiro atoms. The largest absolute Gasteiger partial charge is 0.378 e. The number of nitrogen functional groups attached to an aromatic ring is 1. The summed E-state index contributed by atoms with van der Waals surface area (Å²) in [5.41, 5.74) is 4.89. The Balaban J connectivity index is 2.41. The van der Waals surface area contributed by atoms with Crippen LogP contribution in [0.15, 0.2) is 6.20 Å². The maximum atomic E-state index is 10.8. The van der Waals surface area contributed by atoms with Crippen molar-refractivity contribution in [3.63, 3.8) is 0 Å². The average molecular weight is 254 g/mol. The SMILES string of the molecule is CC1(C)CC(n2ncc([N+](=O)[O-])c2N)C(C)(C)O1. The molecule has 1 aliphatic heterocycles. The Hall–Kier alpha value is -1.63. The summed E-state index contributed by atoms with van der Waals surface area (Å²) in [6.45, 7) is 7.87. The van der Waals surface area contributed by atoms with Gasteiger partial charge in [-0.2, -0.15) is 5.10 Å². The Labute approximate surface area is 105 Å². The summed E-state index contributed by atoms with van der Waals surface area (Å²) in [6.07, 6.45) is 1.90. The van der Waals surface area contributed by atoms with Gasteiger partial charge in [-0.3, -0.25) is 10.1 Å². The summed E-state index contributed by atoms with van der Waals surface area (Å²) in [7, 11) is 0. The summed E-state index contributed by atoms with van der Waals surface area (Å²) in [6, 6.07) is -0.110.